The van der Waals surface area contributed by atoms with Crippen LogP contribution in [0.4, 0.5) is 0 Å². The van der Waals surface area contributed by atoms with Crippen LogP contribution in [0.15, 0.2) is 0 Å². The summed E-state index contributed by atoms with van der Waals surface area (Å²) in [6.45, 7) is 14.8. The van der Waals surface area contributed by atoms with E-state index in [9.17, 15) is 10.2 Å². The normalized spacial score (nSPS) is 15.1. The van der Waals surface area contributed by atoms with Gasteiger partial charge < -0.3 is 24.4 Å². The molecule has 2 atom stereocenters. The Morgan fingerprint density at radius 1 is 0.667 bits per heavy atom. The van der Waals surface area contributed by atoms with Crippen molar-refractivity contribution in [2.24, 2.45) is 0 Å². The van der Waals surface area contributed by atoms with Gasteiger partial charge in [-0.05, 0) is 53.4 Å². The quantitative estimate of drug-likeness (QED) is 0.338. The van der Waals surface area contributed by atoms with Gasteiger partial charge in [0, 0.05) is 39.3 Å². The van der Waals surface area contributed by atoms with Crippen LogP contribution in [0.3, 0.4) is 0 Å². The number of aliphatic hydroxyl groups excluding tert-OH is 2. The highest BCUT2D eigenvalue weighted by atomic mass is 16.5. The average molecular weight is 391 g/mol. The second-order valence-corrected chi connectivity index (χ2v) is 8.83. The zero-order valence-electron chi connectivity index (χ0n) is 18.8. The lowest BCUT2D eigenvalue weighted by molar-refractivity contribution is -0.0591. The maximum Gasteiger partial charge on any atom is 0.0651 e. The molecule has 0 spiro atoms. The molecule has 0 aliphatic heterocycles. The smallest absolute Gasteiger partial charge is 0.0651 e. The van der Waals surface area contributed by atoms with Gasteiger partial charge >= 0.3 is 0 Å². The van der Waals surface area contributed by atoms with Crippen molar-refractivity contribution < 1.29 is 24.4 Å². The van der Waals surface area contributed by atoms with Crippen molar-refractivity contribution in [1.29, 1.82) is 0 Å². The topological polar surface area (TPSA) is 68.2 Å². The third kappa shape index (κ3) is 16.5. The van der Waals surface area contributed by atoms with E-state index in [1.54, 1.807) is 0 Å². The third-order valence-electron chi connectivity index (χ3n) is 4.63. The summed E-state index contributed by atoms with van der Waals surface area (Å²) in [5.74, 6) is 0. The minimum Gasteiger partial charge on any atom is -0.393 e. The summed E-state index contributed by atoms with van der Waals surface area (Å²) in [7, 11) is 0. The molecule has 0 saturated carbocycles. The van der Waals surface area contributed by atoms with Crippen LogP contribution in [-0.2, 0) is 14.2 Å². The van der Waals surface area contributed by atoms with E-state index in [1.807, 2.05) is 27.7 Å². The van der Waals surface area contributed by atoms with E-state index in [4.69, 9.17) is 14.2 Å². The Kier molecular flexibility index (Phi) is 14.6. The van der Waals surface area contributed by atoms with Crippen LogP contribution in [0, 0.1) is 0 Å². The number of unbranched alkanes of at least 4 members (excludes halogenated alkanes) is 2. The van der Waals surface area contributed by atoms with Crippen LogP contribution >= 0.6 is 0 Å². The van der Waals surface area contributed by atoms with E-state index in [0.29, 0.717) is 38.9 Å². The van der Waals surface area contributed by atoms with E-state index >= 15 is 0 Å². The fourth-order valence-corrected chi connectivity index (χ4v) is 2.98. The van der Waals surface area contributed by atoms with Gasteiger partial charge in [-0.15, -0.1) is 0 Å². The van der Waals surface area contributed by atoms with Gasteiger partial charge in [-0.25, -0.2) is 0 Å². The first-order chi connectivity index (χ1) is 12.6. The summed E-state index contributed by atoms with van der Waals surface area (Å²) in [5.41, 5.74) is -0.623. The van der Waals surface area contributed by atoms with Crippen LogP contribution in [0.1, 0.15) is 92.9 Å². The molecule has 2 unspecified atom stereocenters. The van der Waals surface area contributed by atoms with Gasteiger partial charge in [0.25, 0.3) is 0 Å². The van der Waals surface area contributed by atoms with Crippen LogP contribution in [-0.4, -0.2) is 60.1 Å². The summed E-state index contributed by atoms with van der Waals surface area (Å²) in [6, 6.07) is 0. The molecule has 0 radical (unpaired) electrons. The molecular formula is C22H46O5. The van der Waals surface area contributed by atoms with Crippen molar-refractivity contribution in [3.05, 3.63) is 0 Å². The first kappa shape index (κ1) is 26.8. The van der Waals surface area contributed by atoms with Gasteiger partial charge in [0.05, 0.1) is 23.4 Å². The highest BCUT2D eigenvalue weighted by Gasteiger charge is 2.24. The zero-order chi connectivity index (χ0) is 20.8. The molecule has 2 N–H and O–H groups in total. The zero-order valence-corrected chi connectivity index (χ0v) is 18.8. The molecule has 0 bridgehead atoms. The molecule has 0 aromatic rings. The highest BCUT2D eigenvalue weighted by Crippen LogP contribution is 2.20. The first-order valence-corrected chi connectivity index (χ1v) is 10.8. The molecule has 164 valence electrons. The first-order valence-electron chi connectivity index (χ1n) is 10.8. The van der Waals surface area contributed by atoms with Crippen molar-refractivity contribution in [1.82, 2.24) is 0 Å². The Balaban J connectivity index is 3.82. The van der Waals surface area contributed by atoms with Crippen LogP contribution < -0.4 is 0 Å². The highest BCUT2D eigenvalue weighted by molar-refractivity contribution is 4.75. The van der Waals surface area contributed by atoms with E-state index in [1.165, 1.54) is 0 Å². The van der Waals surface area contributed by atoms with Crippen molar-refractivity contribution in [2.45, 2.75) is 116 Å². The summed E-state index contributed by atoms with van der Waals surface area (Å²) >= 11 is 0. The molecule has 0 aliphatic rings. The average Bonchev–Trinajstić information content (AvgIpc) is 2.53. The summed E-state index contributed by atoms with van der Waals surface area (Å²) in [5, 5.41) is 20.4. The van der Waals surface area contributed by atoms with E-state index in [2.05, 4.69) is 13.8 Å². The Hall–Kier alpha value is -0.200. The Morgan fingerprint density at radius 2 is 1.04 bits per heavy atom. The van der Waals surface area contributed by atoms with Gasteiger partial charge in [0.2, 0.25) is 0 Å². The Labute approximate surface area is 167 Å². The van der Waals surface area contributed by atoms with Gasteiger partial charge in [0.1, 0.15) is 0 Å². The van der Waals surface area contributed by atoms with Crippen LogP contribution in [0.25, 0.3) is 0 Å². The standard InChI is InChI=1S/C22H46O5/c1-7-9-13-26-21(3,4)17-19(23)11-15-25-16-12-20(24)18-22(5,6)27-14-10-8-2/h19-20,23-24H,7-18H2,1-6H3. The Bertz CT molecular complexity index is 312. The van der Waals surface area contributed by atoms with E-state index in [-0.39, 0.29) is 11.2 Å². The van der Waals surface area contributed by atoms with Crippen molar-refractivity contribution in [2.75, 3.05) is 26.4 Å². The number of hydrogen-bond acceptors (Lipinski definition) is 5. The van der Waals surface area contributed by atoms with Gasteiger partial charge in [-0.1, -0.05) is 26.7 Å². The van der Waals surface area contributed by atoms with E-state index in [0.717, 1.165) is 38.9 Å². The molecule has 0 aromatic carbocycles. The number of aliphatic hydroxyl groups is 2. The van der Waals surface area contributed by atoms with Crippen LogP contribution in [0.5, 0.6) is 0 Å². The molecule has 0 heterocycles. The van der Waals surface area contributed by atoms with Crippen molar-refractivity contribution in [3.8, 4) is 0 Å². The molecule has 0 aromatic heterocycles. The second-order valence-electron chi connectivity index (χ2n) is 8.83. The second kappa shape index (κ2) is 14.7. The molecule has 27 heavy (non-hydrogen) atoms. The third-order valence-corrected chi connectivity index (χ3v) is 4.63. The summed E-state index contributed by atoms with van der Waals surface area (Å²) in [6.07, 6.45) is 5.83. The predicted molar refractivity (Wildman–Crippen MR) is 111 cm³/mol. The summed E-state index contributed by atoms with van der Waals surface area (Å²) in [4.78, 5) is 0. The lowest BCUT2D eigenvalue weighted by atomic mass is 9.98. The van der Waals surface area contributed by atoms with Gasteiger partial charge in [-0.2, -0.15) is 0 Å². The molecule has 5 nitrogen and oxygen atoms in total. The molecule has 5 heteroatoms. The fourth-order valence-electron chi connectivity index (χ4n) is 2.98. The maximum atomic E-state index is 10.2. The molecule has 0 amide bonds. The van der Waals surface area contributed by atoms with Gasteiger partial charge in [0.15, 0.2) is 0 Å². The molecular weight excluding hydrogens is 344 g/mol. The molecule has 0 rings (SSSR count). The lowest BCUT2D eigenvalue weighted by Crippen LogP contribution is -2.31. The molecule has 0 saturated heterocycles. The molecule has 0 fully saturated rings. The fraction of sp³-hybridized carbons (Fsp3) is 1.00. The lowest BCUT2D eigenvalue weighted by Gasteiger charge is -2.28. The monoisotopic (exact) mass is 390 g/mol. The minimum atomic E-state index is -0.433. The molecule has 0 aliphatic carbocycles. The minimum absolute atomic E-state index is 0.311. The largest absolute Gasteiger partial charge is 0.393 e. The number of rotatable bonds is 18. The predicted octanol–water partition coefficient (Wildman–Crippen LogP) is 4.48. The van der Waals surface area contributed by atoms with Gasteiger partial charge in [-0.3, -0.25) is 0 Å². The Morgan fingerprint density at radius 3 is 1.37 bits per heavy atom. The number of ether oxygens (including phenoxy) is 3. The van der Waals surface area contributed by atoms with Crippen molar-refractivity contribution in [3.63, 3.8) is 0 Å². The number of hydrogen-bond donors (Lipinski definition) is 2. The van der Waals surface area contributed by atoms with Crippen molar-refractivity contribution >= 4 is 0 Å². The van der Waals surface area contributed by atoms with E-state index < -0.39 is 12.2 Å². The summed E-state index contributed by atoms with van der Waals surface area (Å²) < 4.78 is 17.3. The maximum absolute atomic E-state index is 10.2. The SMILES string of the molecule is CCCCOC(C)(C)CC(O)CCOCCC(O)CC(C)(C)OCCCC. The van der Waals surface area contributed by atoms with Crippen LogP contribution in [0.2, 0.25) is 0 Å².